The molecule has 0 radical (unpaired) electrons. The monoisotopic (exact) mass is 504 g/mol. The predicted molar refractivity (Wildman–Crippen MR) is 160 cm³/mol. The molecule has 2 N–H and O–H groups in total. The molecule has 0 spiro atoms. The van der Waals surface area contributed by atoms with E-state index in [4.69, 9.17) is 0 Å². The van der Waals surface area contributed by atoms with Crippen molar-refractivity contribution in [3.05, 3.63) is 168 Å². The topological polar surface area (TPSA) is 40.5 Å². The maximum absolute atomic E-state index is 10.8. The summed E-state index contributed by atoms with van der Waals surface area (Å²) in [6, 6.07) is 50.6. The summed E-state index contributed by atoms with van der Waals surface area (Å²) in [5.41, 5.74) is 9.09. The highest BCUT2D eigenvalue weighted by Gasteiger charge is 2.21. The molecule has 2 heteroatoms. The third kappa shape index (κ3) is 5.05. The van der Waals surface area contributed by atoms with E-state index in [9.17, 15) is 10.2 Å². The van der Waals surface area contributed by atoms with Gasteiger partial charge in [-0.25, -0.2) is 0 Å². The van der Waals surface area contributed by atoms with E-state index in [1.54, 1.807) is 12.1 Å². The number of benzene rings is 6. The summed E-state index contributed by atoms with van der Waals surface area (Å²) < 4.78 is 0. The van der Waals surface area contributed by atoms with E-state index in [0.29, 0.717) is 0 Å². The van der Waals surface area contributed by atoms with E-state index in [0.717, 1.165) is 44.5 Å². The van der Waals surface area contributed by atoms with Crippen molar-refractivity contribution in [1.82, 2.24) is 0 Å². The normalized spacial score (nSPS) is 11.0. The summed E-state index contributed by atoms with van der Waals surface area (Å²) in [5, 5.41) is 21.5. The molecule has 0 atom stereocenters. The van der Waals surface area contributed by atoms with Gasteiger partial charge in [-0.3, -0.25) is 0 Å². The number of hydrogen-bond donors (Lipinski definition) is 2. The van der Waals surface area contributed by atoms with Crippen LogP contribution >= 0.6 is 0 Å². The number of rotatable bonds is 6. The Bertz CT molecular complexity index is 1600. The number of phenolic OH excluding ortho intramolecular Hbond substituents is 2. The summed E-state index contributed by atoms with van der Waals surface area (Å²) in [5.74, 6) is 0.388. The van der Waals surface area contributed by atoms with Crippen molar-refractivity contribution in [3.63, 3.8) is 0 Å². The van der Waals surface area contributed by atoms with Crippen molar-refractivity contribution in [2.24, 2.45) is 0 Å². The van der Waals surface area contributed by atoms with Gasteiger partial charge in [0.2, 0.25) is 0 Å². The predicted octanol–water partition coefficient (Wildman–Crippen LogP) is 9.28. The first kappa shape index (κ1) is 24.3. The van der Waals surface area contributed by atoms with Gasteiger partial charge in [-0.2, -0.15) is 0 Å². The van der Waals surface area contributed by atoms with Crippen molar-refractivity contribution in [2.45, 2.75) is 5.92 Å². The first-order chi connectivity index (χ1) is 19.2. The van der Waals surface area contributed by atoms with E-state index in [1.165, 1.54) is 5.56 Å². The van der Waals surface area contributed by atoms with Crippen LogP contribution in [0.4, 0.5) is 0 Å². The SMILES string of the molecule is Oc1ccc(C(c2ccc(-c3ccccc3)cc2)c2ccc(O)c(-c3ccccc3)c2)cc1-c1ccccc1. The highest BCUT2D eigenvalue weighted by Crippen LogP contribution is 2.40. The maximum Gasteiger partial charge on any atom is 0.123 e. The van der Waals surface area contributed by atoms with Gasteiger partial charge < -0.3 is 10.2 Å². The number of aromatic hydroxyl groups is 2. The zero-order valence-corrected chi connectivity index (χ0v) is 21.4. The minimum Gasteiger partial charge on any atom is -0.507 e. The quantitative estimate of drug-likeness (QED) is 0.222. The van der Waals surface area contributed by atoms with Crippen molar-refractivity contribution < 1.29 is 10.2 Å². The lowest BCUT2D eigenvalue weighted by Crippen LogP contribution is -2.04. The van der Waals surface area contributed by atoms with Gasteiger partial charge in [-0.15, -0.1) is 0 Å². The molecule has 39 heavy (non-hydrogen) atoms. The van der Waals surface area contributed by atoms with Crippen LogP contribution in [0.2, 0.25) is 0 Å². The van der Waals surface area contributed by atoms with Crippen molar-refractivity contribution >= 4 is 0 Å². The van der Waals surface area contributed by atoms with Crippen molar-refractivity contribution in [3.8, 4) is 44.9 Å². The summed E-state index contributed by atoms with van der Waals surface area (Å²) in [7, 11) is 0. The lowest BCUT2D eigenvalue weighted by molar-refractivity contribution is 0.477. The van der Waals surface area contributed by atoms with Crippen LogP contribution in [0.5, 0.6) is 11.5 Å². The van der Waals surface area contributed by atoms with E-state index in [1.807, 2.05) is 78.9 Å². The average Bonchev–Trinajstić information content (AvgIpc) is 3.00. The average molecular weight is 505 g/mol. The summed E-state index contributed by atoms with van der Waals surface area (Å²) in [6.45, 7) is 0. The minimum absolute atomic E-state index is 0.110. The fourth-order valence-electron chi connectivity index (χ4n) is 5.24. The fourth-order valence-corrected chi connectivity index (χ4v) is 5.24. The largest absolute Gasteiger partial charge is 0.507 e. The first-order valence-electron chi connectivity index (χ1n) is 13.1. The lowest BCUT2D eigenvalue weighted by atomic mass is 9.82. The van der Waals surface area contributed by atoms with Crippen LogP contribution in [0.25, 0.3) is 33.4 Å². The number of hydrogen-bond acceptors (Lipinski definition) is 2. The van der Waals surface area contributed by atoms with Crippen LogP contribution in [0, 0.1) is 0 Å². The lowest BCUT2D eigenvalue weighted by Gasteiger charge is -2.22. The van der Waals surface area contributed by atoms with Gasteiger partial charge in [0.15, 0.2) is 0 Å². The van der Waals surface area contributed by atoms with Crippen molar-refractivity contribution in [2.75, 3.05) is 0 Å². The van der Waals surface area contributed by atoms with Crippen LogP contribution < -0.4 is 0 Å². The Balaban J connectivity index is 1.51. The molecule has 2 nitrogen and oxygen atoms in total. The van der Waals surface area contributed by atoms with Gasteiger partial charge in [0.05, 0.1) is 0 Å². The molecule has 0 bridgehead atoms. The number of phenols is 2. The van der Waals surface area contributed by atoms with Crippen LogP contribution in [0.15, 0.2) is 152 Å². The van der Waals surface area contributed by atoms with E-state index in [2.05, 4.69) is 60.7 Å². The molecule has 188 valence electrons. The minimum atomic E-state index is -0.110. The van der Waals surface area contributed by atoms with Crippen LogP contribution in [0.3, 0.4) is 0 Å². The molecule has 0 unspecified atom stereocenters. The molecule has 6 rings (SSSR count). The Labute approximate surface area is 229 Å². The molecule has 0 fully saturated rings. The Kier molecular flexibility index (Phi) is 6.67. The molecule has 0 aliphatic carbocycles. The van der Waals surface area contributed by atoms with Crippen LogP contribution in [-0.4, -0.2) is 10.2 Å². The molecule has 0 heterocycles. The van der Waals surface area contributed by atoms with Crippen molar-refractivity contribution in [1.29, 1.82) is 0 Å². The summed E-state index contributed by atoms with van der Waals surface area (Å²) in [4.78, 5) is 0. The van der Waals surface area contributed by atoms with E-state index >= 15 is 0 Å². The zero-order valence-electron chi connectivity index (χ0n) is 21.4. The van der Waals surface area contributed by atoms with E-state index < -0.39 is 0 Å². The molecule has 0 amide bonds. The highest BCUT2D eigenvalue weighted by molar-refractivity contribution is 5.74. The van der Waals surface area contributed by atoms with Gasteiger partial charge >= 0.3 is 0 Å². The van der Waals surface area contributed by atoms with Gasteiger partial charge in [0.1, 0.15) is 11.5 Å². The highest BCUT2D eigenvalue weighted by atomic mass is 16.3. The molecule has 0 saturated heterocycles. The summed E-state index contributed by atoms with van der Waals surface area (Å²) >= 11 is 0. The summed E-state index contributed by atoms with van der Waals surface area (Å²) in [6.07, 6.45) is 0. The van der Waals surface area contributed by atoms with Gasteiger partial charge in [0.25, 0.3) is 0 Å². The third-order valence-electron chi connectivity index (χ3n) is 7.23. The molecule has 0 saturated carbocycles. The molecule has 0 aromatic heterocycles. The van der Waals surface area contributed by atoms with E-state index in [-0.39, 0.29) is 17.4 Å². The first-order valence-corrected chi connectivity index (χ1v) is 13.1. The third-order valence-corrected chi connectivity index (χ3v) is 7.23. The molecule has 0 aliphatic rings. The van der Waals surface area contributed by atoms with Gasteiger partial charge in [-0.1, -0.05) is 127 Å². The Morgan fingerprint density at radius 2 is 0.692 bits per heavy atom. The van der Waals surface area contributed by atoms with Gasteiger partial charge in [0, 0.05) is 17.0 Å². The molecule has 6 aromatic rings. The molecular weight excluding hydrogens is 476 g/mol. The zero-order chi connectivity index (χ0) is 26.6. The second kappa shape index (κ2) is 10.7. The van der Waals surface area contributed by atoms with Gasteiger partial charge in [-0.05, 0) is 63.2 Å². The molecular formula is C37H28O2. The second-order valence-electron chi connectivity index (χ2n) is 9.71. The Hall–Kier alpha value is -5.08. The smallest absolute Gasteiger partial charge is 0.123 e. The molecule has 0 aliphatic heterocycles. The second-order valence-corrected chi connectivity index (χ2v) is 9.71. The van der Waals surface area contributed by atoms with Crippen LogP contribution in [0.1, 0.15) is 22.6 Å². The standard InChI is InChI=1S/C37H28O2/c38-35-22-20-31(24-33(35)28-12-6-2-7-13-28)37(30-18-16-27(17-19-30)26-10-4-1-5-11-26)32-21-23-36(39)34(25-32)29-14-8-3-9-15-29/h1-25,37-39H. The Morgan fingerprint density at radius 1 is 0.333 bits per heavy atom. The molecule has 6 aromatic carbocycles. The fraction of sp³-hybridized carbons (Fsp3) is 0.0270. The maximum atomic E-state index is 10.8. The van der Waals surface area contributed by atoms with Crippen LogP contribution in [-0.2, 0) is 0 Å². The Morgan fingerprint density at radius 3 is 1.13 bits per heavy atom.